The van der Waals surface area contributed by atoms with E-state index in [9.17, 15) is 14.4 Å². The third-order valence-electron chi connectivity index (χ3n) is 5.45. The standard InChI is InChI=1S/C22H20ClNO4/c23-15-10-8-14(9-11-15)20(25)13-28-17-5-3-4-16(12-17)24-21(26)18-6-1-2-7-19(18)22(24)27/h3-5,8-12,18-19H,1-2,6-7,13H2/t18-,19-/m1/s1. The summed E-state index contributed by atoms with van der Waals surface area (Å²) in [5.41, 5.74) is 1.01. The number of nitrogens with zero attached hydrogens (tertiary/aromatic N) is 1. The van der Waals surface area contributed by atoms with E-state index in [1.165, 1.54) is 4.90 Å². The van der Waals surface area contributed by atoms with Gasteiger partial charge < -0.3 is 4.74 Å². The number of amides is 2. The Morgan fingerprint density at radius 3 is 2.29 bits per heavy atom. The van der Waals surface area contributed by atoms with Gasteiger partial charge in [-0.05, 0) is 49.2 Å². The van der Waals surface area contributed by atoms with Crippen molar-refractivity contribution in [2.75, 3.05) is 11.5 Å². The van der Waals surface area contributed by atoms with Crippen molar-refractivity contribution in [2.45, 2.75) is 25.7 Å². The number of imide groups is 1. The summed E-state index contributed by atoms with van der Waals surface area (Å²) in [6, 6.07) is 13.4. The molecule has 2 aliphatic rings. The summed E-state index contributed by atoms with van der Waals surface area (Å²) in [4.78, 5) is 39.0. The van der Waals surface area contributed by atoms with Gasteiger partial charge >= 0.3 is 0 Å². The van der Waals surface area contributed by atoms with E-state index in [4.69, 9.17) is 16.3 Å². The highest BCUT2D eigenvalue weighted by atomic mass is 35.5. The Labute approximate surface area is 168 Å². The summed E-state index contributed by atoms with van der Waals surface area (Å²) in [5.74, 6) is -0.375. The fourth-order valence-corrected chi connectivity index (χ4v) is 4.12. The van der Waals surface area contributed by atoms with E-state index in [1.807, 2.05) is 0 Å². The lowest BCUT2D eigenvalue weighted by atomic mass is 9.81. The van der Waals surface area contributed by atoms with Gasteiger partial charge in [-0.3, -0.25) is 14.4 Å². The first kappa shape index (κ1) is 18.7. The molecule has 2 aromatic rings. The molecule has 0 unspecified atom stereocenters. The Balaban J connectivity index is 1.47. The lowest BCUT2D eigenvalue weighted by Crippen LogP contribution is -2.30. The zero-order valence-corrected chi connectivity index (χ0v) is 16.0. The average molecular weight is 398 g/mol. The number of carbonyl (C=O) groups is 3. The van der Waals surface area contributed by atoms with Gasteiger partial charge in [-0.2, -0.15) is 0 Å². The fraction of sp³-hybridized carbons (Fsp3) is 0.318. The molecule has 1 aliphatic heterocycles. The van der Waals surface area contributed by atoms with Gasteiger partial charge in [-0.25, -0.2) is 4.90 Å². The highest BCUT2D eigenvalue weighted by molar-refractivity contribution is 6.30. The second kappa shape index (κ2) is 7.76. The first-order chi connectivity index (χ1) is 13.5. The van der Waals surface area contributed by atoms with Crippen LogP contribution in [0.3, 0.4) is 0 Å². The summed E-state index contributed by atoms with van der Waals surface area (Å²) in [6.07, 6.45) is 3.53. The summed E-state index contributed by atoms with van der Waals surface area (Å²) >= 11 is 5.84. The van der Waals surface area contributed by atoms with Crippen LogP contribution in [-0.4, -0.2) is 24.2 Å². The Hall–Kier alpha value is -2.66. The number of Topliss-reactive ketones (excluding diaryl/α,β-unsaturated/α-hetero) is 1. The number of fused-ring (bicyclic) bond motifs is 1. The molecule has 2 fully saturated rings. The molecule has 1 saturated heterocycles. The molecule has 4 rings (SSSR count). The largest absolute Gasteiger partial charge is 0.485 e. The molecule has 1 aliphatic carbocycles. The van der Waals surface area contributed by atoms with Crippen LogP contribution in [0.5, 0.6) is 5.75 Å². The van der Waals surface area contributed by atoms with Crippen LogP contribution in [0.4, 0.5) is 5.69 Å². The normalized spacial score (nSPS) is 21.5. The highest BCUT2D eigenvalue weighted by Crippen LogP contribution is 2.40. The second-order valence-corrected chi connectivity index (χ2v) is 7.66. The van der Waals surface area contributed by atoms with Crippen molar-refractivity contribution in [3.8, 4) is 5.75 Å². The van der Waals surface area contributed by atoms with Gasteiger partial charge in [0, 0.05) is 16.7 Å². The molecule has 144 valence electrons. The topological polar surface area (TPSA) is 63.7 Å². The minimum atomic E-state index is -0.197. The molecule has 0 aromatic heterocycles. The number of halogens is 1. The summed E-state index contributed by atoms with van der Waals surface area (Å²) < 4.78 is 5.61. The molecule has 1 saturated carbocycles. The van der Waals surface area contributed by atoms with E-state index in [0.717, 1.165) is 25.7 Å². The maximum absolute atomic E-state index is 12.7. The summed E-state index contributed by atoms with van der Waals surface area (Å²) in [7, 11) is 0. The predicted octanol–water partition coefficient (Wildman–Crippen LogP) is 4.28. The third-order valence-corrected chi connectivity index (χ3v) is 5.71. The SMILES string of the molecule is O=C(COc1cccc(N2C(=O)[C@@H]3CCCC[C@H]3C2=O)c1)c1ccc(Cl)cc1. The van der Waals surface area contributed by atoms with Crippen molar-refractivity contribution in [3.63, 3.8) is 0 Å². The Kier molecular flexibility index (Phi) is 5.18. The molecule has 2 aromatic carbocycles. The zero-order valence-electron chi connectivity index (χ0n) is 15.3. The van der Waals surface area contributed by atoms with Gasteiger partial charge in [-0.1, -0.05) is 30.5 Å². The maximum atomic E-state index is 12.7. The molecule has 0 spiro atoms. The monoisotopic (exact) mass is 397 g/mol. The summed E-state index contributed by atoms with van der Waals surface area (Å²) in [5, 5.41) is 0.561. The van der Waals surface area contributed by atoms with Crippen LogP contribution in [-0.2, 0) is 9.59 Å². The van der Waals surface area contributed by atoms with Gasteiger partial charge in [0.05, 0.1) is 17.5 Å². The average Bonchev–Trinajstić information content (AvgIpc) is 2.98. The van der Waals surface area contributed by atoms with Crippen LogP contribution in [0, 0.1) is 11.8 Å². The van der Waals surface area contributed by atoms with Gasteiger partial charge in [0.15, 0.2) is 12.4 Å². The minimum absolute atomic E-state index is 0.121. The van der Waals surface area contributed by atoms with Crippen molar-refractivity contribution < 1.29 is 19.1 Å². The van der Waals surface area contributed by atoms with Crippen LogP contribution in [0.1, 0.15) is 36.0 Å². The van der Waals surface area contributed by atoms with Crippen LogP contribution < -0.4 is 9.64 Å². The Morgan fingerprint density at radius 2 is 1.64 bits per heavy atom. The predicted molar refractivity (Wildman–Crippen MR) is 106 cm³/mol. The minimum Gasteiger partial charge on any atom is -0.485 e. The van der Waals surface area contributed by atoms with E-state index >= 15 is 0 Å². The quantitative estimate of drug-likeness (QED) is 0.558. The highest BCUT2D eigenvalue weighted by Gasteiger charge is 2.48. The van der Waals surface area contributed by atoms with E-state index in [0.29, 0.717) is 22.0 Å². The van der Waals surface area contributed by atoms with Gasteiger partial charge in [0.1, 0.15) is 5.75 Å². The number of anilines is 1. The molecule has 5 nitrogen and oxygen atoms in total. The molecule has 1 heterocycles. The van der Waals surface area contributed by atoms with Gasteiger partial charge in [0.2, 0.25) is 11.8 Å². The van der Waals surface area contributed by atoms with Crippen LogP contribution in [0.2, 0.25) is 5.02 Å². The number of ether oxygens (including phenoxy) is 1. The van der Waals surface area contributed by atoms with Crippen LogP contribution >= 0.6 is 11.6 Å². The lowest BCUT2D eigenvalue weighted by molar-refractivity contribution is -0.122. The number of ketones is 1. The van der Waals surface area contributed by atoms with E-state index in [-0.39, 0.29) is 36.0 Å². The first-order valence-corrected chi connectivity index (χ1v) is 9.82. The Morgan fingerprint density at radius 1 is 1.00 bits per heavy atom. The second-order valence-electron chi connectivity index (χ2n) is 7.23. The number of carbonyl (C=O) groups excluding carboxylic acids is 3. The van der Waals surface area contributed by atoms with Crippen molar-refractivity contribution in [2.24, 2.45) is 11.8 Å². The van der Waals surface area contributed by atoms with Crippen molar-refractivity contribution in [1.82, 2.24) is 0 Å². The van der Waals surface area contributed by atoms with Gasteiger partial charge in [0.25, 0.3) is 0 Å². The van der Waals surface area contributed by atoms with E-state index in [2.05, 4.69) is 0 Å². The van der Waals surface area contributed by atoms with Crippen molar-refractivity contribution in [1.29, 1.82) is 0 Å². The number of rotatable bonds is 5. The van der Waals surface area contributed by atoms with Crippen LogP contribution in [0.15, 0.2) is 48.5 Å². The molecule has 6 heteroatoms. The molecule has 28 heavy (non-hydrogen) atoms. The third kappa shape index (κ3) is 3.54. The molecule has 2 atom stereocenters. The molecule has 0 radical (unpaired) electrons. The molecule has 0 N–H and O–H groups in total. The fourth-order valence-electron chi connectivity index (χ4n) is 4.00. The van der Waals surface area contributed by atoms with Crippen molar-refractivity contribution in [3.05, 3.63) is 59.1 Å². The lowest BCUT2D eigenvalue weighted by Gasteiger charge is -2.19. The van der Waals surface area contributed by atoms with E-state index in [1.54, 1.807) is 48.5 Å². The number of benzene rings is 2. The first-order valence-electron chi connectivity index (χ1n) is 9.44. The smallest absolute Gasteiger partial charge is 0.237 e. The number of hydrogen-bond donors (Lipinski definition) is 0. The molecule has 0 bridgehead atoms. The Bertz CT molecular complexity index is 900. The maximum Gasteiger partial charge on any atom is 0.237 e. The van der Waals surface area contributed by atoms with E-state index < -0.39 is 0 Å². The number of hydrogen-bond acceptors (Lipinski definition) is 4. The molecular formula is C22H20ClNO4. The molecular weight excluding hydrogens is 378 g/mol. The van der Waals surface area contributed by atoms with Gasteiger partial charge in [-0.15, -0.1) is 0 Å². The summed E-state index contributed by atoms with van der Waals surface area (Å²) in [6.45, 7) is -0.141. The molecule has 2 amide bonds. The zero-order chi connectivity index (χ0) is 19.7. The van der Waals surface area contributed by atoms with Crippen LogP contribution in [0.25, 0.3) is 0 Å². The van der Waals surface area contributed by atoms with Crippen molar-refractivity contribution >= 4 is 34.9 Å².